The third-order valence-corrected chi connectivity index (χ3v) is 3.06. The minimum Gasteiger partial charge on any atom is -0.444 e. The molecule has 1 heterocycles. The molecular formula is C15H31IN4O3. The number of guanidine groups is 1. The molecule has 1 unspecified atom stereocenters. The van der Waals surface area contributed by atoms with Crippen LogP contribution in [0.15, 0.2) is 4.99 Å². The van der Waals surface area contributed by atoms with Crippen LogP contribution in [0.3, 0.4) is 0 Å². The molecule has 1 rings (SSSR count). The Bertz CT molecular complexity index is 366. The third-order valence-electron chi connectivity index (χ3n) is 3.06. The van der Waals surface area contributed by atoms with E-state index in [0.717, 1.165) is 44.9 Å². The van der Waals surface area contributed by atoms with Gasteiger partial charge in [0, 0.05) is 33.3 Å². The number of nitrogens with one attached hydrogen (secondary N) is 3. The molecule has 1 amide bonds. The Morgan fingerprint density at radius 1 is 1.26 bits per heavy atom. The molecule has 7 nitrogen and oxygen atoms in total. The highest BCUT2D eigenvalue weighted by Crippen LogP contribution is 2.10. The molecule has 1 aliphatic heterocycles. The van der Waals surface area contributed by atoms with Crippen LogP contribution in [0.2, 0.25) is 0 Å². The minimum atomic E-state index is -0.462. The summed E-state index contributed by atoms with van der Waals surface area (Å²) in [6.07, 6.45) is 2.93. The van der Waals surface area contributed by atoms with E-state index in [4.69, 9.17) is 9.47 Å². The summed E-state index contributed by atoms with van der Waals surface area (Å²) in [6.45, 7) is 8.45. The van der Waals surface area contributed by atoms with Gasteiger partial charge in [0.2, 0.25) is 0 Å². The van der Waals surface area contributed by atoms with Gasteiger partial charge in [-0.15, -0.1) is 24.0 Å². The van der Waals surface area contributed by atoms with E-state index in [0.29, 0.717) is 6.54 Å². The lowest BCUT2D eigenvalue weighted by molar-refractivity contribution is 0.0527. The van der Waals surface area contributed by atoms with Crippen LogP contribution in [-0.4, -0.2) is 57.0 Å². The van der Waals surface area contributed by atoms with Gasteiger partial charge < -0.3 is 25.4 Å². The van der Waals surface area contributed by atoms with Crippen LogP contribution in [0.25, 0.3) is 0 Å². The van der Waals surface area contributed by atoms with E-state index in [1.54, 1.807) is 7.05 Å². The highest BCUT2D eigenvalue weighted by Gasteiger charge is 2.16. The molecule has 0 radical (unpaired) electrons. The molecule has 0 aliphatic carbocycles. The van der Waals surface area contributed by atoms with Crippen molar-refractivity contribution >= 4 is 36.0 Å². The summed E-state index contributed by atoms with van der Waals surface area (Å²) in [6, 6.07) is 0. The lowest BCUT2D eigenvalue weighted by Gasteiger charge is -2.19. The molecule has 0 bridgehead atoms. The normalized spacial score (nSPS) is 18.1. The fourth-order valence-corrected chi connectivity index (χ4v) is 2.04. The Morgan fingerprint density at radius 2 is 1.96 bits per heavy atom. The standard InChI is InChI=1S/C15H30N4O3.HI/c1-15(2,3)22-14(20)18-9-6-8-17-13(16-4)19-11-12-7-5-10-21-12;/h12H,5-11H2,1-4H3,(H,18,20)(H2,16,17,19);1H. The van der Waals surface area contributed by atoms with Crippen LogP contribution in [0.1, 0.15) is 40.0 Å². The third kappa shape index (κ3) is 11.4. The van der Waals surface area contributed by atoms with Gasteiger partial charge in [-0.05, 0) is 40.0 Å². The first-order chi connectivity index (χ1) is 10.4. The Kier molecular flexibility index (Phi) is 11.3. The van der Waals surface area contributed by atoms with Gasteiger partial charge in [-0.1, -0.05) is 0 Å². The summed E-state index contributed by atoms with van der Waals surface area (Å²) in [5.74, 6) is 0.757. The molecule has 1 fully saturated rings. The Morgan fingerprint density at radius 3 is 2.52 bits per heavy atom. The number of halogens is 1. The number of carbonyl (C=O) groups excluding carboxylic acids is 1. The predicted molar refractivity (Wildman–Crippen MR) is 103 cm³/mol. The van der Waals surface area contributed by atoms with E-state index in [2.05, 4.69) is 20.9 Å². The summed E-state index contributed by atoms with van der Waals surface area (Å²) in [5, 5.41) is 9.18. The molecule has 1 atom stereocenters. The van der Waals surface area contributed by atoms with E-state index >= 15 is 0 Å². The SMILES string of the molecule is CN=C(NCCCNC(=O)OC(C)(C)C)NCC1CCCO1.I. The van der Waals surface area contributed by atoms with Crippen molar-refractivity contribution in [3.63, 3.8) is 0 Å². The minimum absolute atomic E-state index is 0. The molecule has 0 saturated carbocycles. The zero-order valence-electron chi connectivity index (χ0n) is 14.6. The van der Waals surface area contributed by atoms with Gasteiger partial charge >= 0.3 is 6.09 Å². The van der Waals surface area contributed by atoms with E-state index in [1.165, 1.54) is 0 Å². The number of rotatable bonds is 6. The molecule has 1 aliphatic rings. The van der Waals surface area contributed by atoms with Crippen LogP contribution < -0.4 is 16.0 Å². The first kappa shape index (κ1) is 22.2. The lowest BCUT2D eigenvalue weighted by Crippen LogP contribution is -2.42. The second kappa shape index (κ2) is 11.7. The van der Waals surface area contributed by atoms with Gasteiger partial charge in [-0.2, -0.15) is 0 Å². The van der Waals surface area contributed by atoms with Crippen LogP contribution in [0.4, 0.5) is 4.79 Å². The molecule has 8 heteroatoms. The molecule has 136 valence electrons. The molecule has 0 aromatic rings. The van der Waals surface area contributed by atoms with Gasteiger partial charge in [0.25, 0.3) is 0 Å². The first-order valence-electron chi connectivity index (χ1n) is 7.93. The number of nitrogens with zero attached hydrogens (tertiary/aromatic N) is 1. The van der Waals surface area contributed by atoms with Crippen molar-refractivity contribution < 1.29 is 14.3 Å². The van der Waals surface area contributed by atoms with Crippen molar-refractivity contribution in [3.8, 4) is 0 Å². The van der Waals surface area contributed by atoms with Crippen molar-refractivity contribution in [2.75, 3.05) is 33.3 Å². The Hall–Kier alpha value is -0.770. The number of amides is 1. The Labute approximate surface area is 156 Å². The average molecular weight is 442 g/mol. The number of hydrogen-bond acceptors (Lipinski definition) is 4. The largest absolute Gasteiger partial charge is 0.444 e. The molecule has 3 N–H and O–H groups in total. The number of hydrogen-bond donors (Lipinski definition) is 3. The van der Waals surface area contributed by atoms with Gasteiger partial charge in [-0.3, -0.25) is 4.99 Å². The number of alkyl carbamates (subject to hydrolysis) is 1. The monoisotopic (exact) mass is 442 g/mol. The maximum atomic E-state index is 11.5. The van der Waals surface area contributed by atoms with Gasteiger partial charge in [-0.25, -0.2) is 4.79 Å². The first-order valence-corrected chi connectivity index (χ1v) is 7.93. The zero-order valence-corrected chi connectivity index (χ0v) is 16.9. The molecule has 23 heavy (non-hydrogen) atoms. The number of carbonyl (C=O) groups is 1. The molecular weight excluding hydrogens is 411 g/mol. The van der Waals surface area contributed by atoms with Crippen molar-refractivity contribution in [2.24, 2.45) is 4.99 Å². The number of aliphatic imine (C=N–C) groups is 1. The summed E-state index contributed by atoms with van der Waals surface area (Å²) in [4.78, 5) is 15.6. The summed E-state index contributed by atoms with van der Waals surface area (Å²) >= 11 is 0. The highest BCUT2D eigenvalue weighted by molar-refractivity contribution is 14.0. The van der Waals surface area contributed by atoms with Gasteiger partial charge in [0.05, 0.1) is 6.10 Å². The van der Waals surface area contributed by atoms with E-state index in [-0.39, 0.29) is 36.2 Å². The lowest BCUT2D eigenvalue weighted by atomic mass is 10.2. The van der Waals surface area contributed by atoms with Crippen molar-refractivity contribution in [3.05, 3.63) is 0 Å². The predicted octanol–water partition coefficient (Wildman–Crippen LogP) is 1.86. The van der Waals surface area contributed by atoms with Gasteiger partial charge in [0.1, 0.15) is 5.60 Å². The second-order valence-corrected chi connectivity index (χ2v) is 6.30. The van der Waals surface area contributed by atoms with Crippen LogP contribution in [0.5, 0.6) is 0 Å². The topological polar surface area (TPSA) is 84.0 Å². The van der Waals surface area contributed by atoms with Crippen LogP contribution >= 0.6 is 24.0 Å². The average Bonchev–Trinajstić information content (AvgIpc) is 2.93. The van der Waals surface area contributed by atoms with Crippen LogP contribution in [-0.2, 0) is 9.47 Å². The fourth-order valence-electron chi connectivity index (χ4n) is 2.04. The second-order valence-electron chi connectivity index (χ2n) is 6.30. The van der Waals surface area contributed by atoms with Gasteiger partial charge in [0.15, 0.2) is 5.96 Å². The molecule has 0 spiro atoms. The maximum absolute atomic E-state index is 11.5. The highest BCUT2D eigenvalue weighted by atomic mass is 127. The number of ether oxygens (including phenoxy) is 2. The molecule has 1 saturated heterocycles. The molecule has 0 aromatic heterocycles. The van der Waals surface area contributed by atoms with Crippen molar-refractivity contribution in [2.45, 2.75) is 51.7 Å². The summed E-state index contributed by atoms with van der Waals surface area (Å²) < 4.78 is 10.7. The zero-order chi connectivity index (χ0) is 16.4. The van der Waals surface area contributed by atoms with E-state index in [1.807, 2.05) is 20.8 Å². The smallest absolute Gasteiger partial charge is 0.407 e. The maximum Gasteiger partial charge on any atom is 0.407 e. The van der Waals surface area contributed by atoms with Crippen molar-refractivity contribution in [1.82, 2.24) is 16.0 Å². The Balaban J connectivity index is 0.00000484. The van der Waals surface area contributed by atoms with E-state index in [9.17, 15) is 4.79 Å². The summed E-state index contributed by atoms with van der Waals surface area (Å²) in [5.41, 5.74) is -0.462. The molecule has 0 aromatic carbocycles. The fraction of sp³-hybridized carbons (Fsp3) is 0.867. The van der Waals surface area contributed by atoms with Crippen LogP contribution in [0, 0.1) is 0 Å². The quantitative estimate of drug-likeness (QED) is 0.253. The summed E-state index contributed by atoms with van der Waals surface area (Å²) in [7, 11) is 1.74. The van der Waals surface area contributed by atoms with E-state index < -0.39 is 5.60 Å². The van der Waals surface area contributed by atoms with Crippen molar-refractivity contribution in [1.29, 1.82) is 0 Å².